The van der Waals surface area contributed by atoms with Gasteiger partial charge in [-0.15, -0.1) is 0 Å². The van der Waals surface area contributed by atoms with Crippen LogP contribution in [0.1, 0.15) is 13.3 Å². The molecule has 6 nitrogen and oxygen atoms in total. The van der Waals surface area contributed by atoms with Crippen LogP contribution in [0.3, 0.4) is 0 Å². The number of benzene rings is 1. The number of sulfonamides is 1. The molecule has 1 saturated heterocycles. The van der Waals surface area contributed by atoms with E-state index in [1.54, 1.807) is 12.1 Å². The van der Waals surface area contributed by atoms with E-state index in [1.165, 1.54) is 6.07 Å². The number of hydrogen-bond donors (Lipinski definition) is 3. The lowest BCUT2D eigenvalue weighted by molar-refractivity contribution is 0.185. The summed E-state index contributed by atoms with van der Waals surface area (Å²) in [5.41, 5.74) is 6.13. The highest BCUT2D eigenvalue weighted by atomic mass is 32.2. The zero-order valence-corrected chi connectivity index (χ0v) is 11.0. The second-order valence-corrected chi connectivity index (χ2v) is 6.32. The maximum absolute atomic E-state index is 11.5. The molecule has 2 rings (SSSR count). The van der Waals surface area contributed by atoms with Crippen molar-refractivity contribution >= 4 is 21.4 Å². The van der Waals surface area contributed by atoms with Gasteiger partial charge < -0.3 is 15.8 Å². The lowest BCUT2D eigenvalue weighted by Crippen LogP contribution is -2.35. The van der Waals surface area contributed by atoms with Gasteiger partial charge in [-0.2, -0.15) is 0 Å². The van der Waals surface area contributed by atoms with E-state index in [2.05, 4.69) is 5.32 Å². The van der Waals surface area contributed by atoms with Crippen LogP contribution in [0.5, 0.6) is 0 Å². The third-order valence-corrected chi connectivity index (χ3v) is 3.92. The molecule has 0 spiro atoms. The minimum Gasteiger partial charge on any atom is -0.399 e. The fourth-order valence-electron chi connectivity index (χ4n) is 1.97. The van der Waals surface area contributed by atoms with Gasteiger partial charge in [0.2, 0.25) is 10.0 Å². The van der Waals surface area contributed by atoms with Crippen molar-refractivity contribution in [1.82, 2.24) is 0 Å². The molecule has 100 valence electrons. The van der Waals surface area contributed by atoms with Gasteiger partial charge in [-0.25, -0.2) is 13.6 Å². The zero-order valence-electron chi connectivity index (χ0n) is 10.1. The van der Waals surface area contributed by atoms with Crippen LogP contribution in [0.25, 0.3) is 0 Å². The number of anilines is 2. The Morgan fingerprint density at radius 3 is 2.72 bits per heavy atom. The fraction of sp³-hybridized carbons (Fsp3) is 0.455. The normalized spacial score (nSPS) is 24.1. The average molecular weight is 271 g/mol. The highest BCUT2D eigenvalue weighted by molar-refractivity contribution is 7.89. The van der Waals surface area contributed by atoms with Crippen molar-refractivity contribution < 1.29 is 13.2 Å². The van der Waals surface area contributed by atoms with Crippen LogP contribution >= 0.6 is 0 Å². The third kappa shape index (κ3) is 2.74. The molecule has 0 bridgehead atoms. The molecule has 0 amide bonds. The van der Waals surface area contributed by atoms with Gasteiger partial charge in [-0.3, -0.25) is 0 Å². The maximum atomic E-state index is 11.5. The molecule has 0 aliphatic carbocycles. The first-order chi connectivity index (χ1) is 8.30. The van der Waals surface area contributed by atoms with Crippen molar-refractivity contribution in [2.75, 3.05) is 24.3 Å². The van der Waals surface area contributed by atoms with Crippen LogP contribution in [0.4, 0.5) is 11.4 Å². The Kier molecular flexibility index (Phi) is 3.22. The zero-order chi connectivity index (χ0) is 13.4. The number of nitrogens with two attached hydrogens (primary N) is 2. The monoisotopic (exact) mass is 271 g/mol. The molecule has 1 unspecified atom stereocenters. The largest absolute Gasteiger partial charge is 0.399 e. The van der Waals surface area contributed by atoms with E-state index in [4.69, 9.17) is 15.6 Å². The molecular weight excluding hydrogens is 254 g/mol. The van der Waals surface area contributed by atoms with E-state index in [9.17, 15) is 8.42 Å². The second-order valence-electron chi connectivity index (χ2n) is 4.79. The highest BCUT2D eigenvalue weighted by Crippen LogP contribution is 2.29. The Balaban J connectivity index is 2.39. The van der Waals surface area contributed by atoms with Crippen molar-refractivity contribution in [3.63, 3.8) is 0 Å². The van der Waals surface area contributed by atoms with Gasteiger partial charge >= 0.3 is 0 Å². The molecule has 18 heavy (non-hydrogen) atoms. The minimum absolute atomic E-state index is 0.00984. The van der Waals surface area contributed by atoms with Crippen LogP contribution in [0.2, 0.25) is 0 Å². The topological polar surface area (TPSA) is 107 Å². The van der Waals surface area contributed by atoms with E-state index in [0.29, 0.717) is 24.6 Å². The summed E-state index contributed by atoms with van der Waals surface area (Å²) in [6.45, 7) is 3.16. The van der Waals surface area contributed by atoms with Crippen LogP contribution in [-0.2, 0) is 14.8 Å². The SMILES string of the molecule is CC1(Nc2ccc(N)cc2S(N)(=O)=O)CCOC1. The fourth-order valence-corrected chi connectivity index (χ4v) is 2.69. The Morgan fingerprint density at radius 1 is 1.44 bits per heavy atom. The molecule has 1 aromatic carbocycles. The van der Waals surface area contributed by atoms with E-state index < -0.39 is 10.0 Å². The van der Waals surface area contributed by atoms with E-state index in [-0.39, 0.29) is 10.4 Å². The number of primary sulfonamides is 1. The first-order valence-corrected chi connectivity index (χ1v) is 7.13. The summed E-state index contributed by atoms with van der Waals surface area (Å²) in [7, 11) is -3.81. The van der Waals surface area contributed by atoms with Crippen LogP contribution in [0, 0.1) is 0 Å². The second kappa shape index (κ2) is 4.42. The summed E-state index contributed by atoms with van der Waals surface area (Å²) in [5.74, 6) is 0. The smallest absolute Gasteiger partial charge is 0.240 e. The maximum Gasteiger partial charge on any atom is 0.240 e. The Hall–Kier alpha value is -1.31. The lowest BCUT2D eigenvalue weighted by Gasteiger charge is -2.26. The number of rotatable bonds is 3. The van der Waals surface area contributed by atoms with Gasteiger partial charge in [0.25, 0.3) is 0 Å². The molecule has 0 aromatic heterocycles. The summed E-state index contributed by atoms with van der Waals surface area (Å²) in [5, 5.41) is 8.37. The van der Waals surface area contributed by atoms with Gasteiger partial charge in [-0.1, -0.05) is 0 Å². The van der Waals surface area contributed by atoms with Gasteiger partial charge in [0, 0.05) is 12.3 Å². The highest BCUT2D eigenvalue weighted by Gasteiger charge is 2.31. The van der Waals surface area contributed by atoms with Crippen LogP contribution in [-0.4, -0.2) is 27.2 Å². The van der Waals surface area contributed by atoms with Crippen molar-refractivity contribution in [3.05, 3.63) is 18.2 Å². The predicted molar refractivity (Wildman–Crippen MR) is 69.7 cm³/mol. The number of ether oxygens (including phenoxy) is 1. The van der Waals surface area contributed by atoms with Crippen molar-refractivity contribution in [2.45, 2.75) is 23.8 Å². The summed E-state index contributed by atoms with van der Waals surface area (Å²) >= 11 is 0. The molecule has 0 saturated carbocycles. The number of nitrogens with one attached hydrogen (secondary N) is 1. The molecule has 1 fully saturated rings. The quantitative estimate of drug-likeness (QED) is 0.694. The summed E-state index contributed by atoms with van der Waals surface area (Å²) in [6.07, 6.45) is 0.807. The van der Waals surface area contributed by atoms with Gasteiger partial charge in [-0.05, 0) is 31.5 Å². The average Bonchev–Trinajstić information content (AvgIpc) is 2.66. The molecule has 7 heteroatoms. The van der Waals surface area contributed by atoms with E-state index in [1.807, 2.05) is 6.92 Å². The number of nitrogen functional groups attached to an aromatic ring is 1. The van der Waals surface area contributed by atoms with Gasteiger partial charge in [0.1, 0.15) is 4.90 Å². The Bertz CT molecular complexity index is 551. The molecule has 1 heterocycles. The molecule has 1 aromatic rings. The summed E-state index contributed by atoms with van der Waals surface area (Å²) < 4.78 is 28.4. The molecule has 0 radical (unpaired) electrons. The van der Waals surface area contributed by atoms with E-state index in [0.717, 1.165) is 6.42 Å². The van der Waals surface area contributed by atoms with Gasteiger partial charge in [0.15, 0.2) is 0 Å². The van der Waals surface area contributed by atoms with E-state index >= 15 is 0 Å². The molecule has 5 N–H and O–H groups in total. The number of hydrogen-bond acceptors (Lipinski definition) is 5. The Morgan fingerprint density at radius 2 is 2.17 bits per heavy atom. The Labute approximate surface area is 106 Å². The van der Waals surface area contributed by atoms with Gasteiger partial charge in [0.05, 0.1) is 17.8 Å². The van der Waals surface area contributed by atoms with Crippen LogP contribution < -0.4 is 16.2 Å². The first kappa shape index (κ1) is 13.1. The van der Waals surface area contributed by atoms with Crippen molar-refractivity contribution in [2.24, 2.45) is 5.14 Å². The molecule has 1 aliphatic rings. The minimum atomic E-state index is -3.81. The summed E-state index contributed by atoms with van der Waals surface area (Å²) in [4.78, 5) is 0.00984. The van der Waals surface area contributed by atoms with Crippen LogP contribution in [0.15, 0.2) is 23.1 Å². The van der Waals surface area contributed by atoms with Crippen molar-refractivity contribution in [3.8, 4) is 0 Å². The summed E-state index contributed by atoms with van der Waals surface area (Å²) in [6, 6.07) is 4.62. The molecule has 1 aliphatic heterocycles. The van der Waals surface area contributed by atoms with Crippen molar-refractivity contribution in [1.29, 1.82) is 0 Å². The lowest BCUT2D eigenvalue weighted by atomic mass is 10.0. The third-order valence-electron chi connectivity index (χ3n) is 2.97. The molecular formula is C11H17N3O3S. The molecule has 1 atom stereocenters. The standard InChI is InChI=1S/C11H17N3O3S/c1-11(4-5-17-7-11)14-9-3-2-8(12)6-10(9)18(13,15)16/h2-3,6,14H,4-5,7,12H2,1H3,(H2,13,15,16). The predicted octanol–water partition coefficient (Wildman–Crippen LogP) is 0.507. The first-order valence-electron chi connectivity index (χ1n) is 5.58.